The zero-order valence-electron chi connectivity index (χ0n) is 12.2. The Labute approximate surface area is 135 Å². The zero-order valence-corrected chi connectivity index (χ0v) is 13.9. The van der Waals surface area contributed by atoms with Crippen LogP contribution in [0, 0.1) is 11.7 Å². The zero-order chi connectivity index (χ0) is 15.7. The molecule has 1 aromatic carbocycles. The van der Waals surface area contributed by atoms with Crippen LogP contribution in [0.25, 0.3) is 4.96 Å². The predicted octanol–water partition coefficient (Wildman–Crippen LogP) is 3.27. The van der Waals surface area contributed by atoms with Gasteiger partial charge in [0.25, 0.3) is 0 Å². The van der Waals surface area contributed by atoms with Crippen molar-refractivity contribution in [3.63, 3.8) is 0 Å². The standard InChI is InChI=1S/C14H16FN5S2/c1-8(2)11(16)12-17-18-13-20(12)19-14(22-13)21-7-9-3-5-10(15)6-4-9/h3-6,8,11H,7,16H2,1-2H3/t11-/m0/s1. The Bertz CT molecular complexity index is 765. The lowest BCUT2D eigenvalue weighted by Crippen LogP contribution is -2.20. The van der Waals surface area contributed by atoms with E-state index in [9.17, 15) is 4.39 Å². The van der Waals surface area contributed by atoms with E-state index < -0.39 is 0 Å². The number of hydrogen-bond donors (Lipinski definition) is 1. The molecule has 1 atom stereocenters. The SMILES string of the molecule is CC(C)[C@H](N)c1nnc2sc(SCc3ccc(F)cc3)nn12. The molecule has 0 fully saturated rings. The fraction of sp³-hybridized carbons (Fsp3) is 0.357. The molecule has 0 unspecified atom stereocenters. The van der Waals surface area contributed by atoms with E-state index in [1.54, 1.807) is 28.4 Å². The molecule has 0 saturated carbocycles. The van der Waals surface area contributed by atoms with Gasteiger partial charge in [-0.15, -0.1) is 15.3 Å². The van der Waals surface area contributed by atoms with Gasteiger partial charge in [0.1, 0.15) is 5.82 Å². The minimum atomic E-state index is -0.222. The molecule has 0 aliphatic heterocycles. The fourth-order valence-corrected chi connectivity index (χ4v) is 3.74. The van der Waals surface area contributed by atoms with Crippen molar-refractivity contribution in [2.45, 2.75) is 30.0 Å². The van der Waals surface area contributed by atoms with E-state index in [4.69, 9.17) is 5.73 Å². The largest absolute Gasteiger partial charge is 0.321 e. The molecule has 0 aliphatic rings. The number of nitrogens with two attached hydrogens (primary N) is 1. The predicted molar refractivity (Wildman–Crippen MR) is 86.4 cm³/mol. The van der Waals surface area contributed by atoms with E-state index in [1.807, 2.05) is 13.8 Å². The Morgan fingerprint density at radius 1 is 1.27 bits per heavy atom. The Hall–Kier alpha value is -1.51. The van der Waals surface area contributed by atoms with Gasteiger partial charge < -0.3 is 5.73 Å². The minimum absolute atomic E-state index is 0.188. The van der Waals surface area contributed by atoms with Crippen LogP contribution in [-0.4, -0.2) is 19.8 Å². The summed E-state index contributed by atoms with van der Waals surface area (Å²) in [6.45, 7) is 4.09. The molecule has 0 saturated heterocycles. The molecule has 2 heterocycles. The maximum absolute atomic E-state index is 12.9. The second-order valence-corrected chi connectivity index (χ2v) is 7.48. The summed E-state index contributed by atoms with van der Waals surface area (Å²) in [5, 5.41) is 12.8. The highest BCUT2D eigenvalue weighted by molar-refractivity contribution is 8.00. The van der Waals surface area contributed by atoms with Gasteiger partial charge in [-0.05, 0) is 23.6 Å². The molecule has 5 nitrogen and oxygen atoms in total. The maximum atomic E-state index is 12.9. The highest BCUT2D eigenvalue weighted by atomic mass is 32.2. The maximum Gasteiger partial charge on any atom is 0.235 e. The van der Waals surface area contributed by atoms with Crippen LogP contribution in [0.3, 0.4) is 0 Å². The molecule has 3 rings (SSSR count). The molecule has 22 heavy (non-hydrogen) atoms. The number of benzene rings is 1. The van der Waals surface area contributed by atoms with Crippen molar-refractivity contribution < 1.29 is 4.39 Å². The molecular weight excluding hydrogens is 321 g/mol. The van der Waals surface area contributed by atoms with E-state index >= 15 is 0 Å². The van der Waals surface area contributed by atoms with Gasteiger partial charge in [0, 0.05) is 5.75 Å². The van der Waals surface area contributed by atoms with Gasteiger partial charge in [-0.1, -0.05) is 49.1 Å². The first-order valence-electron chi connectivity index (χ1n) is 6.89. The van der Waals surface area contributed by atoms with Crippen molar-refractivity contribution in [3.05, 3.63) is 41.5 Å². The number of fused-ring (bicyclic) bond motifs is 1. The summed E-state index contributed by atoms with van der Waals surface area (Å²) in [6, 6.07) is 6.31. The third-order valence-corrected chi connectivity index (χ3v) is 5.39. The summed E-state index contributed by atoms with van der Waals surface area (Å²) >= 11 is 3.08. The molecule has 0 aliphatic carbocycles. The van der Waals surface area contributed by atoms with Crippen LogP contribution in [0.1, 0.15) is 31.3 Å². The van der Waals surface area contributed by atoms with Gasteiger partial charge in [-0.25, -0.2) is 4.39 Å². The molecule has 2 aromatic heterocycles. The van der Waals surface area contributed by atoms with Gasteiger partial charge >= 0.3 is 0 Å². The molecule has 0 amide bonds. The van der Waals surface area contributed by atoms with Crippen LogP contribution in [0.15, 0.2) is 28.6 Å². The monoisotopic (exact) mass is 337 g/mol. The summed E-state index contributed by atoms with van der Waals surface area (Å²) in [5.74, 6) is 1.47. The van der Waals surface area contributed by atoms with Crippen LogP contribution in [0.2, 0.25) is 0 Å². The highest BCUT2D eigenvalue weighted by Crippen LogP contribution is 2.29. The van der Waals surface area contributed by atoms with Gasteiger partial charge in [-0.3, -0.25) is 0 Å². The Balaban J connectivity index is 1.76. The summed E-state index contributed by atoms with van der Waals surface area (Å²) in [7, 11) is 0. The van der Waals surface area contributed by atoms with Crippen molar-refractivity contribution in [1.29, 1.82) is 0 Å². The Morgan fingerprint density at radius 3 is 2.68 bits per heavy atom. The smallest absolute Gasteiger partial charge is 0.235 e. The van der Waals surface area contributed by atoms with Crippen molar-refractivity contribution in [3.8, 4) is 0 Å². The molecule has 116 valence electrons. The molecular formula is C14H16FN5S2. The first kappa shape index (κ1) is 15.4. The number of nitrogens with zero attached hydrogens (tertiary/aromatic N) is 4. The fourth-order valence-electron chi connectivity index (χ4n) is 1.90. The first-order valence-corrected chi connectivity index (χ1v) is 8.70. The second-order valence-electron chi connectivity index (χ2n) is 5.31. The van der Waals surface area contributed by atoms with Crippen LogP contribution in [0.4, 0.5) is 4.39 Å². The number of rotatable bonds is 5. The highest BCUT2D eigenvalue weighted by Gasteiger charge is 2.20. The Kier molecular flexibility index (Phi) is 4.42. The summed E-state index contributed by atoms with van der Waals surface area (Å²) in [6.07, 6.45) is 0. The first-order chi connectivity index (χ1) is 10.5. The van der Waals surface area contributed by atoms with Gasteiger partial charge in [-0.2, -0.15) is 4.52 Å². The lowest BCUT2D eigenvalue weighted by molar-refractivity contribution is 0.479. The van der Waals surface area contributed by atoms with Crippen molar-refractivity contribution in [2.75, 3.05) is 0 Å². The van der Waals surface area contributed by atoms with E-state index in [-0.39, 0.29) is 17.8 Å². The van der Waals surface area contributed by atoms with Crippen molar-refractivity contribution in [1.82, 2.24) is 19.8 Å². The van der Waals surface area contributed by atoms with Crippen molar-refractivity contribution >= 4 is 28.1 Å². The molecule has 3 aromatic rings. The van der Waals surface area contributed by atoms with Gasteiger partial charge in [0.15, 0.2) is 10.2 Å². The molecule has 8 heteroatoms. The average Bonchev–Trinajstić information content (AvgIpc) is 3.05. The summed E-state index contributed by atoms with van der Waals surface area (Å²) in [5.41, 5.74) is 7.19. The molecule has 0 bridgehead atoms. The van der Waals surface area contributed by atoms with Crippen LogP contribution < -0.4 is 5.73 Å². The van der Waals surface area contributed by atoms with E-state index in [0.29, 0.717) is 5.82 Å². The van der Waals surface area contributed by atoms with E-state index in [1.165, 1.54) is 23.5 Å². The molecule has 0 radical (unpaired) electrons. The normalized spacial score (nSPS) is 13.1. The average molecular weight is 337 g/mol. The number of hydrogen-bond acceptors (Lipinski definition) is 6. The number of halogens is 1. The third kappa shape index (κ3) is 3.13. The van der Waals surface area contributed by atoms with Crippen molar-refractivity contribution in [2.24, 2.45) is 11.7 Å². The second kappa shape index (κ2) is 6.31. The lowest BCUT2D eigenvalue weighted by atomic mass is 10.1. The summed E-state index contributed by atoms with van der Waals surface area (Å²) in [4.78, 5) is 0.743. The minimum Gasteiger partial charge on any atom is -0.321 e. The molecule has 0 spiro atoms. The third-order valence-electron chi connectivity index (χ3n) is 3.29. The van der Waals surface area contributed by atoms with E-state index in [2.05, 4.69) is 15.3 Å². The van der Waals surface area contributed by atoms with Gasteiger partial charge in [0.2, 0.25) is 4.96 Å². The number of thioether (sulfide) groups is 1. The summed E-state index contributed by atoms with van der Waals surface area (Å²) < 4.78 is 15.5. The van der Waals surface area contributed by atoms with Gasteiger partial charge in [0.05, 0.1) is 6.04 Å². The molecule has 2 N–H and O–H groups in total. The van der Waals surface area contributed by atoms with E-state index in [0.717, 1.165) is 20.6 Å². The number of aromatic nitrogens is 4. The Morgan fingerprint density at radius 2 is 2.00 bits per heavy atom. The van der Waals surface area contributed by atoms with Crippen LogP contribution in [0.5, 0.6) is 0 Å². The quantitative estimate of drug-likeness (QED) is 0.724. The van der Waals surface area contributed by atoms with Crippen LogP contribution >= 0.6 is 23.1 Å². The van der Waals surface area contributed by atoms with Crippen LogP contribution in [-0.2, 0) is 5.75 Å². The topological polar surface area (TPSA) is 69.1 Å². The lowest BCUT2D eigenvalue weighted by Gasteiger charge is -2.11.